The summed E-state index contributed by atoms with van der Waals surface area (Å²) in [6, 6.07) is 0. The van der Waals surface area contributed by atoms with Crippen molar-refractivity contribution in [3.8, 4) is 0 Å². The van der Waals surface area contributed by atoms with Gasteiger partial charge in [0.05, 0.1) is 19.6 Å². The van der Waals surface area contributed by atoms with Gasteiger partial charge in [-0.3, -0.25) is 4.79 Å². The molecule has 1 aliphatic rings. The summed E-state index contributed by atoms with van der Waals surface area (Å²) >= 11 is 0. The van der Waals surface area contributed by atoms with Gasteiger partial charge in [-0.15, -0.1) is 0 Å². The smallest absolute Gasteiger partial charge is 0.308 e. The maximum atomic E-state index is 11.0. The molecule has 1 heterocycles. The minimum Gasteiger partial charge on any atom is -0.469 e. The molecule has 0 bridgehead atoms. The first-order chi connectivity index (χ1) is 5.25. The van der Waals surface area contributed by atoms with Crippen molar-refractivity contribution in [1.82, 2.24) is 0 Å². The molecule has 0 N–H and O–H groups in total. The molecular weight excluding hydrogens is 144 g/mol. The Kier molecular flexibility index (Phi) is 2.88. The average molecular weight is 158 g/mol. The molecule has 1 fully saturated rings. The highest BCUT2D eigenvalue weighted by molar-refractivity contribution is 5.72. The second-order valence-corrected chi connectivity index (χ2v) is 2.94. The first-order valence-electron chi connectivity index (χ1n) is 3.91. The van der Waals surface area contributed by atoms with Crippen LogP contribution in [0.4, 0.5) is 0 Å². The van der Waals surface area contributed by atoms with Crippen LogP contribution in [0.5, 0.6) is 0 Å². The van der Waals surface area contributed by atoms with E-state index in [0.29, 0.717) is 12.5 Å². The molecule has 0 spiro atoms. The van der Waals surface area contributed by atoms with Crippen molar-refractivity contribution in [2.24, 2.45) is 11.8 Å². The van der Waals surface area contributed by atoms with Crippen molar-refractivity contribution in [2.75, 3.05) is 20.3 Å². The number of rotatable bonds is 2. The first kappa shape index (κ1) is 8.53. The van der Waals surface area contributed by atoms with Gasteiger partial charge < -0.3 is 9.47 Å². The van der Waals surface area contributed by atoms with Gasteiger partial charge >= 0.3 is 5.97 Å². The second kappa shape index (κ2) is 3.72. The van der Waals surface area contributed by atoms with Crippen molar-refractivity contribution < 1.29 is 14.3 Å². The highest BCUT2D eigenvalue weighted by Gasteiger charge is 2.27. The van der Waals surface area contributed by atoms with Crippen LogP contribution in [0.1, 0.15) is 13.3 Å². The van der Waals surface area contributed by atoms with E-state index in [2.05, 4.69) is 4.74 Å². The first-order valence-corrected chi connectivity index (χ1v) is 3.91. The molecule has 0 radical (unpaired) electrons. The van der Waals surface area contributed by atoms with E-state index in [1.807, 2.05) is 6.92 Å². The lowest BCUT2D eigenvalue weighted by Gasteiger charge is -2.13. The molecule has 64 valence electrons. The number of hydrogen-bond donors (Lipinski definition) is 0. The fraction of sp³-hybridized carbons (Fsp3) is 0.875. The van der Waals surface area contributed by atoms with Crippen molar-refractivity contribution in [1.29, 1.82) is 0 Å². The third kappa shape index (κ3) is 1.93. The van der Waals surface area contributed by atoms with Crippen LogP contribution in [0.25, 0.3) is 0 Å². The van der Waals surface area contributed by atoms with Crippen molar-refractivity contribution in [2.45, 2.75) is 13.3 Å². The summed E-state index contributed by atoms with van der Waals surface area (Å²) in [6.07, 6.45) is 0.982. The molecule has 0 aliphatic carbocycles. The van der Waals surface area contributed by atoms with E-state index in [1.54, 1.807) is 0 Å². The molecule has 0 amide bonds. The molecule has 1 aliphatic heterocycles. The van der Waals surface area contributed by atoms with Gasteiger partial charge in [0, 0.05) is 6.61 Å². The highest BCUT2D eigenvalue weighted by Crippen LogP contribution is 2.22. The predicted molar refractivity (Wildman–Crippen MR) is 40.1 cm³/mol. The van der Waals surface area contributed by atoms with Crippen LogP contribution >= 0.6 is 0 Å². The van der Waals surface area contributed by atoms with E-state index in [-0.39, 0.29) is 11.9 Å². The summed E-state index contributed by atoms with van der Waals surface area (Å²) in [5.41, 5.74) is 0. The van der Waals surface area contributed by atoms with Crippen LogP contribution < -0.4 is 0 Å². The van der Waals surface area contributed by atoms with Gasteiger partial charge in [-0.25, -0.2) is 0 Å². The summed E-state index contributed by atoms with van der Waals surface area (Å²) in [5.74, 6) is 0.227. The molecule has 3 nitrogen and oxygen atoms in total. The van der Waals surface area contributed by atoms with Crippen LogP contribution in [-0.2, 0) is 14.3 Å². The minimum atomic E-state index is -0.125. The van der Waals surface area contributed by atoms with Gasteiger partial charge in [-0.1, -0.05) is 6.92 Å². The van der Waals surface area contributed by atoms with Crippen LogP contribution in [0, 0.1) is 11.8 Å². The van der Waals surface area contributed by atoms with E-state index in [9.17, 15) is 4.79 Å². The number of methoxy groups -OCH3 is 1. The summed E-state index contributed by atoms with van der Waals surface area (Å²) in [5, 5.41) is 0. The second-order valence-electron chi connectivity index (χ2n) is 2.94. The van der Waals surface area contributed by atoms with E-state index in [1.165, 1.54) is 7.11 Å². The topological polar surface area (TPSA) is 35.5 Å². The number of carbonyl (C=O) groups is 1. The van der Waals surface area contributed by atoms with Gasteiger partial charge in [-0.2, -0.15) is 0 Å². The lowest BCUT2D eigenvalue weighted by Crippen LogP contribution is -2.22. The van der Waals surface area contributed by atoms with Gasteiger partial charge in [0.25, 0.3) is 0 Å². The molecule has 1 rings (SSSR count). The maximum Gasteiger partial charge on any atom is 0.308 e. The Morgan fingerprint density at radius 3 is 2.91 bits per heavy atom. The fourth-order valence-electron chi connectivity index (χ4n) is 1.33. The largest absolute Gasteiger partial charge is 0.469 e. The molecule has 2 unspecified atom stereocenters. The summed E-state index contributed by atoms with van der Waals surface area (Å²) in [6.45, 7) is 3.38. The fourth-order valence-corrected chi connectivity index (χ4v) is 1.33. The van der Waals surface area contributed by atoms with Crippen molar-refractivity contribution in [3.05, 3.63) is 0 Å². The molecule has 0 saturated carbocycles. The zero-order valence-corrected chi connectivity index (χ0v) is 7.00. The highest BCUT2D eigenvalue weighted by atomic mass is 16.5. The molecule has 11 heavy (non-hydrogen) atoms. The quantitative estimate of drug-likeness (QED) is 0.558. The monoisotopic (exact) mass is 158 g/mol. The van der Waals surface area contributed by atoms with Gasteiger partial charge in [-0.05, 0) is 12.3 Å². The summed E-state index contributed by atoms with van der Waals surface area (Å²) in [7, 11) is 1.43. The molecule has 2 atom stereocenters. The third-order valence-corrected chi connectivity index (χ3v) is 2.24. The molecule has 3 heteroatoms. The lowest BCUT2D eigenvalue weighted by molar-refractivity contribution is -0.146. The Labute approximate surface area is 66.7 Å². The lowest BCUT2D eigenvalue weighted by atomic mass is 9.94. The SMILES string of the molecule is COC(=O)C(C)C1CCOC1. The molecule has 1 saturated heterocycles. The van der Waals surface area contributed by atoms with Crippen LogP contribution in [0.15, 0.2) is 0 Å². The third-order valence-electron chi connectivity index (χ3n) is 2.24. The van der Waals surface area contributed by atoms with Gasteiger partial charge in [0.2, 0.25) is 0 Å². The summed E-state index contributed by atoms with van der Waals surface area (Å²) in [4.78, 5) is 11.0. The normalized spacial score (nSPS) is 26.5. The van der Waals surface area contributed by atoms with Gasteiger partial charge in [0.15, 0.2) is 0 Å². The Balaban J connectivity index is 2.39. The average Bonchev–Trinajstić information content (AvgIpc) is 2.53. The number of hydrogen-bond acceptors (Lipinski definition) is 3. The zero-order chi connectivity index (χ0) is 8.27. The standard InChI is InChI=1S/C8H14O3/c1-6(8(9)10-2)7-3-4-11-5-7/h6-7H,3-5H2,1-2H3. The van der Waals surface area contributed by atoms with E-state index < -0.39 is 0 Å². The molecule has 0 aromatic heterocycles. The Bertz CT molecular complexity index is 138. The Morgan fingerprint density at radius 2 is 2.45 bits per heavy atom. The van der Waals surface area contributed by atoms with Gasteiger partial charge in [0.1, 0.15) is 0 Å². The van der Waals surface area contributed by atoms with Crippen molar-refractivity contribution >= 4 is 5.97 Å². The molecular formula is C8H14O3. The zero-order valence-electron chi connectivity index (χ0n) is 7.00. The van der Waals surface area contributed by atoms with Crippen LogP contribution in [0.2, 0.25) is 0 Å². The Morgan fingerprint density at radius 1 is 1.73 bits per heavy atom. The van der Waals surface area contributed by atoms with Crippen LogP contribution in [-0.4, -0.2) is 26.3 Å². The number of ether oxygens (including phenoxy) is 2. The van der Waals surface area contributed by atoms with E-state index in [0.717, 1.165) is 13.0 Å². The van der Waals surface area contributed by atoms with Crippen LogP contribution in [0.3, 0.4) is 0 Å². The predicted octanol–water partition coefficient (Wildman–Crippen LogP) is 0.832. The maximum absolute atomic E-state index is 11.0. The Hall–Kier alpha value is -0.570. The number of carbonyl (C=O) groups excluding carboxylic acids is 1. The van der Waals surface area contributed by atoms with E-state index in [4.69, 9.17) is 4.74 Å². The minimum absolute atomic E-state index is 0.0116. The van der Waals surface area contributed by atoms with Crippen molar-refractivity contribution in [3.63, 3.8) is 0 Å². The molecule has 0 aromatic carbocycles. The summed E-state index contributed by atoms with van der Waals surface area (Å²) < 4.78 is 9.80. The number of esters is 1. The molecule has 0 aromatic rings. The van der Waals surface area contributed by atoms with E-state index >= 15 is 0 Å².